The van der Waals surface area contributed by atoms with Crippen molar-refractivity contribution in [1.82, 2.24) is 15.2 Å². The zero-order valence-corrected chi connectivity index (χ0v) is 9.87. The van der Waals surface area contributed by atoms with Crippen LogP contribution in [-0.2, 0) is 0 Å². The van der Waals surface area contributed by atoms with Crippen molar-refractivity contribution in [2.75, 3.05) is 11.9 Å². The lowest BCUT2D eigenvalue weighted by molar-refractivity contribution is 0.602. The molecule has 6 heteroatoms. The number of anilines is 1. The van der Waals surface area contributed by atoms with Crippen molar-refractivity contribution >= 4 is 16.9 Å². The lowest BCUT2D eigenvalue weighted by Crippen LogP contribution is -2.01. The minimum absolute atomic E-state index is 0.206. The van der Waals surface area contributed by atoms with E-state index in [1.807, 2.05) is 30.3 Å². The van der Waals surface area contributed by atoms with Gasteiger partial charge in [0.1, 0.15) is 17.9 Å². The minimum Gasteiger partial charge on any atom is -0.443 e. The average molecular weight is 251 g/mol. The normalized spacial score (nSPS) is 10.3. The maximum atomic E-state index is 8.46. The van der Waals surface area contributed by atoms with E-state index in [0.717, 1.165) is 16.8 Å². The van der Waals surface area contributed by atoms with Gasteiger partial charge in [-0.2, -0.15) is 5.26 Å². The SMILES string of the molecule is N#CCNc1ccc(-c2ccc3ncoc3c2)nn1. The highest BCUT2D eigenvalue weighted by Gasteiger charge is 2.04. The molecule has 0 amide bonds. The van der Waals surface area contributed by atoms with E-state index in [-0.39, 0.29) is 6.54 Å². The van der Waals surface area contributed by atoms with E-state index >= 15 is 0 Å². The number of benzene rings is 1. The number of oxazole rings is 1. The average Bonchev–Trinajstić information content (AvgIpc) is 2.93. The summed E-state index contributed by atoms with van der Waals surface area (Å²) in [6, 6.07) is 11.3. The maximum absolute atomic E-state index is 8.46. The maximum Gasteiger partial charge on any atom is 0.181 e. The number of hydrogen-bond acceptors (Lipinski definition) is 6. The number of nitrogens with zero attached hydrogens (tertiary/aromatic N) is 4. The van der Waals surface area contributed by atoms with Gasteiger partial charge in [-0.3, -0.25) is 0 Å². The molecule has 0 aliphatic heterocycles. The highest BCUT2D eigenvalue weighted by atomic mass is 16.3. The van der Waals surface area contributed by atoms with Crippen molar-refractivity contribution in [3.8, 4) is 17.3 Å². The first kappa shape index (κ1) is 11.2. The summed E-state index contributed by atoms with van der Waals surface area (Å²) >= 11 is 0. The Labute approximate surface area is 108 Å². The van der Waals surface area contributed by atoms with Gasteiger partial charge in [-0.25, -0.2) is 4.98 Å². The van der Waals surface area contributed by atoms with Crippen LogP contribution < -0.4 is 5.32 Å². The number of nitrogens with one attached hydrogen (secondary N) is 1. The molecule has 1 N–H and O–H groups in total. The Hall–Kier alpha value is -2.94. The second-order valence-electron chi connectivity index (χ2n) is 3.85. The summed E-state index contributed by atoms with van der Waals surface area (Å²) in [4.78, 5) is 4.06. The molecule has 6 nitrogen and oxygen atoms in total. The second-order valence-corrected chi connectivity index (χ2v) is 3.85. The van der Waals surface area contributed by atoms with Crippen molar-refractivity contribution in [3.63, 3.8) is 0 Å². The molecule has 0 aliphatic carbocycles. The van der Waals surface area contributed by atoms with Crippen molar-refractivity contribution < 1.29 is 4.42 Å². The Morgan fingerprint density at radius 3 is 2.95 bits per heavy atom. The van der Waals surface area contributed by atoms with Gasteiger partial charge in [-0.15, -0.1) is 10.2 Å². The highest BCUT2D eigenvalue weighted by Crippen LogP contribution is 2.22. The van der Waals surface area contributed by atoms with Crippen molar-refractivity contribution in [2.45, 2.75) is 0 Å². The van der Waals surface area contributed by atoms with Gasteiger partial charge in [-0.05, 0) is 24.3 Å². The zero-order chi connectivity index (χ0) is 13.1. The van der Waals surface area contributed by atoms with Gasteiger partial charge in [0.2, 0.25) is 0 Å². The van der Waals surface area contributed by atoms with Crippen LogP contribution in [0.4, 0.5) is 5.82 Å². The lowest BCUT2D eigenvalue weighted by Gasteiger charge is -2.02. The van der Waals surface area contributed by atoms with Gasteiger partial charge in [0.25, 0.3) is 0 Å². The number of rotatable bonds is 3. The fraction of sp³-hybridized carbons (Fsp3) is 0.0769. The molecule has 0 radical (unpaired) electrons. The molecule has 0 saturated carbocycles. The van der Waals surface area contributed by atoms with Crippen LogP contribution in [0.25, 0.3) is 22.4 Å². The first-order chi connectivity index (χ1) is 9.36. The van der Waals surface area contributed by atoms with E-state index in [9.17, 15) is 0 Å². The van der Waals surface area contributed by atoms with Crippen molar-refractivity contribution in [3.05, 3.63) is 36.7 Å². The molecule has 3 rings (SSSR count). The van der Waals surface area contributed by atoms with E-state index < -0.39 is 0 Å². The Bertz CT molecular complexity index is 742. The third-order valence-electron chi connectivity index (χ3n) is 2.64. The number of fused-ring (bicyclic) bond motifs is 1. The van der Waals surface area contributed by atoms with Gasteiger partial charge in [0.05, 0.1) is 11.8 Å². The Morgan fingerprint density at radius 2 is 2.16 bits per heavy atom. The molecular weight excluding hydrogens is 242 g/mol. The summed E-state index contributed by atoms with van der Waals surface area (Å²) in [7, 11) is 0. The molecule has 92 valence electrons. The van der Waals surface area contributed by atoms with Crippen molar-refractivity contribution in [2.24, 2.45) is 0 Å². The summed E-state index contributed by atoms with van der Waals surface area (Å²) < 4.78 is 5.25. The monoisotopic (exact) mass is 251 g/mol. The first-order valence-corrected chi connectivity index (χ1v) is 5.65. The molecule has 3 aromatic rings. The van der Waals surface area contributed by atoms with Crippen LogP contribution >= 0.6 is 0 Å². The Balaban J connectivity index is 1.90. The van der Waals surface area contributed by atoms with Gasteiger partial charge >= 0.3 is 0 Å². The van der Waals surface area contributed by atoms with E-state index in [1.54, 1.807) is 6.07 Å². The number of aromatic nitrogens is 3. The van der Waals surface area contributed by atoms with Crippen LogP contribution in [0.15, 0.2) is 41.1 Å². The van der Waals surface area contributed by atoms with Gasteiger partial charge < -0.3 is 9.73 Å². The molecule has 0 aliphatic rings. The van der Waals surface area contributed by atoms with Crippen LogP contribution in [0, 0.1) is 11.3 Å². The van der Waals surface area contributed by atoms with E-state index in [1.165, 1.54) is 6.39 Å². The fourth-order valence-electron chi connectivity index (χ4n) is 1.73. The molecule has 0 spiro atoms. The molecule has 0 unspecified atom stereocenters. The van der Waals surface area contributed by atoms with Gasteiger partial charge in [0.15, 0.2) is 12.0 Å². The van der Waals surface area contributed by atoms with E-state index in [0.29, 0.717) is 11.4 Å². The van der Waals surface area contributed by atoms with E-state index in [4.69, 9.17) is 9.68 Å². The molecule has 1 aromatic carbocycles. The highest BCUT2D eigenvalue weighted by molar-refractivity contribution is 5.78. The third-order valence-corrected chi connectivity index (χ3v) is 2.64. The van der Waals surface area contributed by atoms with Crippen LogP contribution in [-0.4, -0.2) is 21.7 Å². The minimum atomic E-state index is 0.206. The molecule has 0 atom stereocenters. The van der Waals surface area contributed by atoms with Crippen LogP contribution in [0.5, 0.6) is 0 Å². The quantitative estimate of drug-likeness (QED) is 0.718. The summed E-state index contributed by atoms with van der Waals surface area (Å²) in [5.41, 5.74) is 3.17. The van der Waals surface area contributed by atoms with Gasteiger partial charge in [0, 0.05) is 5.56 Å². The zero-order valence-electron chi connectivity index (χ0n) is 9.87. The molecule has 2 aromatic heterocycles. The van der Waals surface area contributed by atoms with Crippen molar-refractivity contribution in [1.29, 1.82) is 5.26 Å². The number of nitriles is 1. The standard InChI is InChI=1S/C13H9N5O/c14-5-6-15-13-4-3-10(17-18-13)9-1-2-11-12(7-9)19-8-16-11/h1-4,7-8H,6H2,(H,15,18). The van der Waals surface area contributed by atoms with E-state index in [2.05, 4.69) is 20.5 Å². The Morgan fingerprint density at radius 1 is 1.21 bits per heavy atom. The predicted octanol–water partition coefficient (Wildman–Crippen LogP) is 2.22. The number of hydrogen-bond donors (Lipinski definition) is 1. The summed E-state index contributed by atoms with van der Waals surface area (Å²) in [6.07, 6.45) is 1.41. The molecule has 19 heavy (non-hydrogen) atoms. The third kappa shape index (κ3) is 2.21. The lowest BCUT2D eigenvalue weighted by atomic mass is 10.1. The van der Waals surface area contributed by atoms with Crippen LogP contribution in [0.3, 0.4) is 0 Å². The van der Waals surface area contributed by atoms with Gasteiger partial charge in [-0.1, -0.05) is 6.07 Å². The molecule has 0 bridgehead atoms. The molecule has 0 saturated heterocycles. The summed E-state index contributed by atoms with van der Waals surface area (Å²) in [6.45, 7) is 0.206. The summed E-state index contributed by atoms with van der Waals surface area (Å²) in [5.74, 6) is 0.575. The first-order valence-electron chi connectivity index (χ1n) is 5.65. The fourth-order valence-corrected chi connectivity index (χ4v) is 1.73. The van der Waals surface area contributed by atoms with Crippen LogP contribution in [0.1, 0.15) is 0 Å². The Kier molecular flexibility index (Phi) is 2.79. The smallest absolute Gasteiger partial charge is 0.181 e. The van der Waals surface area contributed by atoms with Crippen LogP contribution in [0.2, 0.25) is 0 Å². The second kappa shape index (κ2) is 4.74. The topological polar surface area (TPSA) is 87.6 Å². The predicted molar refractivity (Wildman–Crippen MR) is 69.1 cm³/mol. The largest absolute Gasteiger partial charge is 0.443 e. The molecule has 0 fully saturated rings. The molecular formula is C13H9N5O. The molecule has 2 heterocycles. The summed E-state index contributed by atoms with van der Waals surface area (Å²) in [5, 5.41) is 19.4.